The predicted octanol–water partition coefficient (Wildman–Crippen LogP) is 15.4. The molecule has 0 atom stereocenters. The Morgan fingerprint density at radius 3 is 1.79 bits per heavy atom. The van der Waals surface area contributed by atoms with E-state index >= 15 is 0 Å². The van der Waals surface area contributed by atoms with Crippen molar-refractivity contribution in [1.29, 1.82) is 0 Å². The maximum atomic E-state index is 5.24. The van der Waals surface area contributed by atoms with Crippen molar-refractivity contribution in [2.45, 2.75) is 19.3 Å². The van der Waals surface area contributed by atoms with Crippen LogP contribution in [0.3, 0.4) is 0 Å². The molecule has 0 radical (unpaired) electrons. The summed E-state index contributed by atoms with van der Waals surface area (Å²) in [6, 6.07) is 76.5. The first-order chi connectivity index (χ1) is 30.5. The Labute approximate surface area is 361 Å². The van der Waals surface area contributed by atoms with Crippen molar-refractivity contribution < 1.29 is 0 Å². The highest BCUT2D eigenvalue weighted by molar-refractivity contribution is 6.15. The van der Waals surface area contributed by atoms with Crippen LogP contribution in [-0.4, -0.2) is 14.5 Å². The Morgan fingerprint density at radius 2 is 0.984 bits per heavy atom. The average molecular weight is 792 g/mol. The summed E-state index contributed by atoms with van der Waals surface area (Å²) in [6.07, 6.45) is 0. The van der Waals surface area contributed by atoms with Crippen LogP contribution in [0.2, 0.25) is 0 Å². The first kappa shape index (κ1) is 36.0. The van der Waals surface area contributed by atoms with Crippen LogP contribution >= 0.6 is 0 Å². The van der Waals surface area contributed by atoms with Crippen molar-refractivity contribution in [2.24, 2.45) is 0 Å². The highest BCUT2D eigenvalue weighted by Crippen LogP contribution is 2.53. The smallest absolute Gasteiger partial charge is 0.160 e. The first-order valence-electron chi connectivity index (χ1n) is 21.4. The van der Waals surface area contributed by atoms with Crippen molar-refractivity contribution in [3.05, 3.63) is 223 Å². The lowest BCUT2D eigenvalue weighted by atomic mass is 9.81. The van der Waals surface area contributed by atoms with Crippen molar-refractivity contribution in [3.63, 3.8) is 0 Å². The van der Waals surface area contributed by atoms with Gasteiger partial charge in [-0.3, -0.25) is 0 Å². The predicted molar refractivity (Wildman–Crippen MR) is 259 cm³/mol. The van der Waals surface area contributed by atoms with Gasteiger partial charge in [0.05, 0.1) is 22.4 Å². The van der Waals surface area contributed by atoms with Gasteiger partial charge in [0.2, 0.25) is 0 Å². The molecule has 2 heterocycles. The standard InChI is InChI=1S/C59H41N3/c1-59(2)50-27-14-25-47(56(50)49-35-41-18-9-10-19-42(41)36-51(49)59)43-20-13-21-44(34-43)53-37-52(60-58(61-53)40-16-5-3-6-17-40)39-32-30-38(31-33-39)46-26-15-29-55-57(46)48-24-11-12-28-54(48)62(55)45-22-7-4-8-23-45/h3-37H,1-2H3. The summed E-state index contributed by atoms with van der Waals surface area (Å²) in [5.74, 6) is 0.703. The number of nitrogens with zero attached hydrogens (tertiary/aromatic N) is 3. The molecule has 11 aromatic rings. The molecule has 3 heteroatoms. The lowest BCUT2D eigenvalue weighted by Crippen LogP contribution is -2.14. The zero-order valence-corrected chi connectivity index (χ0v) is 34.5. The highest BCUT2D eigenvalue weighted by Gasteiger charge is 2.37. The molecule has 0 spiro atoms. The van der Waals surface area contributed by atoms with Gasteiger partial charge in [0.15, 0.2) is 5.82 Å². The first-order valence-corrected chi connectivity index (χ1v) is 21.4. The number of aromatic nitrogens is 3. The molecule has 12 rings (SSSR count). The molecular formula is C59H41N3. The molecule has 0 unspecified atom stereocenters. The molecule has 62 heavy (non-hydrogen) atoms. The average Bonchev–Trinajstić information content (AvgIpc) is 3.79. The molecule has 0 saturated heterocycles. The third kappa shape index (κ3) is 5.73. The minimum atomic E-state index is -0.114. The van der Waals surface area contributed by atoms with Crippen LogP contribution in [0.5, 0.6) is 0 Å². The molecule has 2 aromatic heterocycles. The Morgan fingerprint density at radius 1 is 0.387 bits per heavy atom. The zero-order chi connectivity index (χ0) is 41.4. The number of fused-ring (bicyclic) bond motifs is 7. The van der Waals surface area contributed by atoms with Gasteiger partial charge in [0, 0.05) is 38.6 Å². The lowest BCUT2D eigenvalue weighted by Gasteiger charge is -2.22. The van der Waals surface area contributed by atoms with Gasteiger partial charge < -0.3 is 4.57 Å². The summed E-state index contributed by atoms with van der Waals surface area (Å²) in [5, 5.41) is 5.03. The van der Waals surface area contributed by atoms with Gasteiger partial charge in [-0.25, -0.2) is 9.97 Å². The summed E-state index contributed by atoms with van der Waals surface area (Å²) in [4.78, 5) is 10.5. The fourth-order valence-corrected chi connectivity index (χ4v) is 9.95. The van der Waals surface area contributed by atoms with E-state index in [0.29, 0.717) is 5.82 Å². The molecular weight excluding hydrogens is 751 g/mol. The van der Waals surface area contributed by atoms with E-state index in [2.05, 4.69) is 213 Å². The molecule has 3 nitrogen and oxygen atoms in total. The summed E-state index contributed by atoms with van der Waals surface area (Å²) in [5.41, 5.74) is 18.4. The second kappa shape index (κ2) is 14.1. The quantitative estimate of drug-likeness (QED) is 0.168. The van der Waals surface area contributed by atoms with E-state index in [0.717, 1.165) is 39.3 Å². The van der Waals surface area contributed by atoms with Crippen molar-refractivity contribution in [3.8, 4) is 73.0 Å². The lowest BCUT2D eigenvalue weighted by molar-refractivity contribution is 0.661. The zero-order valence-electron chi connectivity index (χ0n) is 34.5. The van der Waals surface area contributed by atoms with E-state index in [1.165, 1.54) is 71.5 Å². The van der Waals surface area contributed by atoms with Crippen molar-refractivity contribution in [2.75, 3.05) is 0 Å². The van der Waals surface area contributed by atoms with Gasteiger partial charge in [-0.2, -0.15) is 0 Å². The molecule has 0 N–H and O–H groups in total. The highest BCUT2D eigenvalue weighted by atomic mass is 15.0. The van der Waals surface area contributed by atoms with Crippen molar-refractivity contribution in [1.82, 2.24) is 14.5 Å². The monoisotopic (exact) mass is 791 g/mol. The van der Waals surface area contributed by atoms with E-state index in [9.17, 15) is 0 Å². The summed E-state index contributed by atoms with van der Waals surface area (Å²) < 4.78 is 2.37. The van der Waals surface area contributed by atoms with Crippen LogP contribution in [0.25, 0.3) is 106 Å². The maximum absolute atomic E-state index is 5.24. The number of hydrogen-bond acceptors (Lipinski definition) is 2. The second-order valence-corrected chi connectivity index (χ2v) is 17.0. The normalized spacial score (nSPS) is 12.8. The van der Waals surface area contributed by atoms with Crippen LogP contribution in [-0.2, 0) is 5.41 Å². The molecule has 0 fully saturated rings. The number of benzene rings is 9. The minimum Gasteiger partial charge on any atom is -0.309 e. The summed E-state index contributed by atoms with van der Waals surface area (Å²) >= 11 is 0. The largest absolute Gasteiger partial charge is 0.309 e. The molecule has 0 amide bonds. The van der Waals surface area contributed by atoms with Gasteiger partial charge in [0.1, 0.15) is 0 Å². The third-order valence-corrected chi connectivity index (χ3v) is 13.0. The number of rotatable bonds is 6. The Hall–Kier alpha value is -7.88. The van der Waals surface area contributed by atoms with Crippen LogP contribution < -0.4 is 0 Å². The van der Waals surface area contributed by atoms with Crippen LogP contribution in [0, 0.1) is 0 Å². The summed E-state index contributed by atoms with van der Waals surface area (Å²) in [7, 11) is 0. The fourth-order valence-electron chi connectivity index (χ4n) is 9.95. The van der Waals surface area contributed by atoms with Crippen LogP contribution in [0.15, 0.2) is 212 Å². The molecule has 0 aliphatic heterocycles. The van der Waals surface area contributed by atoms with E-state index in [1.54, 1.807) is 0 Å². The molecule has 0 saturated carbocycles. The summed E-state index contributed by atoms with van der Waals surface area (Å²) in [6.45, 7) is 4.72. The Balaban J connectivity index is 0.967. The van der Waals surface area contributed by atoms with Crippen molar-refractivity contribution >= 4 is 32.6 Å². The Kier molecular flexibility index (Phi) is 8.20. The fraction of sp³-hybridized carbons (Fsp3) is 0.0508. The van der Waals surface area contributed by atoms with E-state index in [4.69, 9.17) is 9.97 Å². The van der Waals surface area contributed by atoms with Gasteiger partial charge in [-0.1, -0.05) is 178 Å². The van der Waals surface area contributed by atoms with Gasteiger partial charge >= 0.3 is 0 Å². The maximum Gasteiger partial charge on any atom is 0.160 e. The topological polar surface area (TPSA) is 30.7 Å². The third-order valence-electron chi connectivity index (χ3n) is 13.0. The Bertz CT molecular complexity index is 3520. The molecule has 292 valence electrons. The number of hydrogen-bond donors (Lipinski definition) is 0. The van der Waals surface area contributed by atoms with E-state index < -0.39 is 0 Å². The van der Waals surface area contributed by atoms with Gasteiger partial charge in [0.25, 0.3) is 0 Å². The molecule has 9 aromatic carbocycles. The van der Waals surface area contributed by atoms with Gasteiger partial charge in [-0.15, -0.1) is 0 Å². The SMILES string of the molecule is CC1(C)c2cc3ccccc3cc2-c2c(-c3cccc(-c4cc(-c5ccc(-c6cccc7c6c6ccccc6n7-c6ccccc6)cc5)nc(-c5ccccc5)n4)c3)cccc21. The molecule has 0 bridgehead atoms. The van der Waals surface area contributed by atoms with E-state index in [-0.39, 0.29) is 5.41 Å². The van der Waals surface area contributed by atoms with Crippen LogP contribution in [0.1, 0.15) is 25.0 Å². The molecule has 1 aliphatic rings. The second-order valence-electron chi connectivity index (χ2n) is 17.0. The van der Waals surface area contributed by atoms with Gasteiger partial charge in [-0.05, 0) is 104 Å². The molecule has 1 aliphatic carbocycles. The van der Waals surface area contributed by atoms with E-state index in [1.807, 2.05) is 18.2 Å². The number of para-hydroxylation sites is 2. The van der Waals surface area contributed by atoms with Crippen LogP contribution in [0.4, 0.5) is 0 Å². The minimum absolute atomic E-state index is 0.114.